The topological polar surface area (TPSA) is 95.2 Å². The van der Waals surface area contributed by atoms with Crippen molar-refractivity contribution in [2.45, 2.75) is 19.8 Å². The van der Waals surface area contributed by atoms with E-state index in [0.717, 1.165) is 47.2 Å². The first-order valence-electron chi connectivity index (χ1n) is 7.79. The van der Waals surface area contributed by atoms with Gasteiger partial charge in [-0.1, -0.05) is 18.5 Å². The normalized spacial score (nSPS) is 11.4. The van der Waals surface area contributed by atoms with Gasteiger partial charge in [-0.25, -0.2) is 15.0 Å². The Morgan fingerprint density at radius 3 is 3.04 bits per heavy atom. The smallest absolute Gasteiger partial charge is 0.186 e. The molecule has 122 valence electrons. The Morgan fingerprint density at radius 2 is 2.17 bits per heavy atom. The fourth-order valence-electron chi connectivity index (χ4n) is 2.88. The molecule has 24 heavy (non-hydrogen) atoms. The van der Waals surface area contributed by atoms with E-state index in [2.05, 4.69) is 42.4 Å². The van der Waals surface area contributed by atoms with E-state index in [-0.39, 0.29) is 0 Å². The number of aromatic nitrogens is 6. The van der Waals surface area contributed by atoms with E-state index in [1.54, 1.807) is 6.20 Å². The highest BCUT2D eigenvalue weighted by molar-refractivity contribution is 6.30. The average molecular weight is 342 g/mol. The zero-order valence-electron chi connectivity index (χ0n) is 13.1. The van der Waals surface area contributed by atoms with Crippen molar-refractivity contribution in [1.29, 1.82) is 0 Å². The maximum atomic E-state index is 6.00. The summed E-state index contributed by atoms with van der Waals surface area (Å²) < 4.78 is 0. The lowest BCUT2D eigenvalue weighted by molar-refractivity contribution is 0.983. The number of anilines is 1. The van der Waals surface area contributed by atoms with Crippen LogP contribution < -0.4 is 5.32 Å². The van der Waals surface area contributed by atoms with Crippen molar-refractivity contribution in [3.8, 4) is 0 Å². The van der Waals surface area contributed by atoms with Crippen molar-refractivity contribution in [1.82, 2.24) is 30.1 Å². The molecule has 8 heteroatoms. The molecule has 4 rings (SSSR count). The molecule has 4 heterocycles. The first kappa shape index (κ1) is 14.9. The lowest BCUT2D eigenvalue weighted by Crippen LogP contribution is -2.07. The quantitative estimate of drug-likeness (QED) is 0.485. The molecular weight excluding hydrogens is 326 g/mol. The Labute approximate surface area is 142 Å². The van der Waals surface area contributed by atoms with Gasteiger partial charge in [0.1, 0.15) is 17.3 Å². The van der Waals surface area contributed by atoms with Crippen LogP contribution in [0.5, 0.6) is 0 Å². The number of pyridine rings is 1. The van der Waals surface area contributed by atoms with Crippen LogP contribution in [-0.4, -0.2) is 36.7 Å². The molecule has 7 nitrogen and oxygen atoms in total. The van der Waals surface area contributed by atoms with Gasteiger partial charge in [0.2, 0.25) is 0 Å². The van der Waals surface area contributed by atoms with Gasteiger partial charge in [0.15, 0.2) is 5.65 Å². The Bertz CT molecular complexity index is 1000. The highest BCUT2D eigenvalue weighted by atomic mass is 35.5. The van der Waals surface area contributed by atoms with Crippen molar-refractivity contribution in [2.24, 2.45) is 0 Å². The zero-order chi connectivity index (χ0) is 16.5. The Kier molecular flexibility index (Phi) is 3.78. The van der Waals surface area contributed by atoms with Crippen molar-refractivity contribution in [3.05, 3.63) is 41.2 Å². The molecule has 0 aromatic carbocycles. The zero-order valence-corrected chi connectivity index (χ0v) is 13.9. The van der Waals surface area contributed by atoms with Gasteiger partial charge in [0, 0.05) is 23.8 Å². The second kappa shape index (κ2) is 6.09. The summed E-state index contributed by atoms with van der Waals surface area (Å²) in [5.41, 5.74) is 3.91. The summed E-state index contributed by atoms with van der Waals surface area (Å²) in [5, 5.41) is 13.2. The number of rotatable bonds is 5. The highest BCUT2D eigenvalue weighted by Crippen LogP contribution is 2.23. The largest absolute Gasteiger partial charge is 0.369 e. The van der Waals surface area contributed by atoms with Crippen molar-refractivity contribution in [2.75, 3.05) is 11.9 Å². The molecule has 0 atom stereocenters. The second-order valence-corrected chi connectivity index (χ2v) is 5.91. The number of aromatic amines is 2. The number of H-pyrrole nitrogens is 2. The molecule has 0 aliphatic carbocycles. The number of aryl methyl sites for hydroxylation is 1. The Morgan fingerprint density at radius 1 is 1.25 bits per heavy atom. The molecule has 0 bridgehead atoms. The summed E-state index contributed by atoms with van der Waals surface area (Å²) in [7, 11) is 0. The number of halogens is 1. The minimum absolute atomic E-state index is 0.500. The van der Waals surface area contributed by atoms with Gasteiger partial charge in [0.25, 0.3) is 0 Å². The minimum Gasteiger partial charge on any atom is -0.369 e. The molecule has 0 saturated carbocycles. The van der Waals surface area contributed by atoms with Crippen LogP contribution in [-0.2, 0) is 12.8 Å². The second-order valence-electron chi connectivity index (χ2n) is 5.52. The van der Waals surface area contributed by atoms with E-state index in [0.29, 0.717) is 10.8 Å². The number of nitrogens with one attached hydrogen (secondary N) is 3. The molecule has 0 aliphatic heterocycles. The van der Waals surface area contributed by atoms with Gasteiger partial charge in [-0.15, -0.1) is 0 Å². The van der Waals surface area contributed by atoms with Crippen molar-refractivity contribution in [3.63, 3.8) is 0 Å². The Hall–Kier alpha value is -2.67. The fraction of sp³-hybridized carbons (Fsp3) is 0.250. The summed E-state index contributed by atoms with van der Waals surface area (Å²) in [6, 6.07) is 1.89. The number of nitrogens with zero attached hydrogens (tertiary/aromatic N) is 4. The van der Waals surface area contributed by atoms with E-state index in [4.69, 9.17) is 11.6 Å². The third kappa shape index (κ3) is 2.56. The fourth-order valence-corrected chi connectivity index (χ4v) is 3.04. The molecular formula is C16H16ClN7. The molecule has 0 fully saturated rings. The molecule has 0 saturated heterocycles. The van der Waals surface area contributed by atoms with Crippen LogP contribution in [0.3, 0.4) is 0 Å². The van der Waals surface area contributed by atoms with Gasteiger partial charge in [-0.2, -0.15) is 5.10 Å². The summed E-state index contributed by atoms with van der Waals surface area (Å²) in [6.45, 7) is 2.82. The van der Waals surface area contributed by atoms with Crippen molar-refractivity contribution < 1.29 is 0 Å². The molecule has 0 radical (unpaired) electrons. The number of hydrogen-bond acceptors (Lipinski definition) is 5. The van der Waals surface area contributed by atoms with Crippen molar-refractivity contribution >= 4 is 39.4 Å². The minimum atomic E-state index is 0.500. The first-order chi connectivity index (χ1) is 11.8. The van der Waals surface area contributed by atoms with Crippen LogP contribution in [0, 0.1) is 0 Å². The lowest BCUT2D eigenvalue weighted by Gasteiger charge is -2.06. The highest BCUT2D eigenvalue weighted by Gasteiger charge is 2.11. The third-order valence-corrected chi connectivity index (χ3v) is 4.29. The van der Waals surface area contributed by atoms with Gasteiger partial charge >= 0.3 is 0 Å². The maximum absolute atomic E-state index is 6.00. The molecule has 4 aromatic rings. The average Bonchev–Trinajstić information content (AvgIpc) is 3.19. The van der Waals surface area contributed by atoms with Crippen LogP contribution >= 0.6 is 11.6 Å². The first-order valence-corrected chi connectivity index (χ1v) is 8.17. The number of fused-ring (bicyclic) bond motifs is 2. The van der Waals surface area contributed by atoms with Crippen LogP contribution in [0.4, 0.5) is 5.82 Å². The molecule has 0 spiro atoms. The van der Waals surface area contributed by atoms with E-state index in [1.807, 2.05) is 12.3 Å². The van der Waals surface area contributed by atoms with Gasteiger partial charge in [-0.3, -0.25) is 5.10 Å². The van der Waals surface area contributed by atoms with Crippen LogP contribution in [0.25, 0.3) is 21.9 Å². The predicted octanol–water partition coefficient (Wildman–Crippen LogP) is 3.10. The SMILES string of the molecule is CCc1[nH]nc2ncnc(NCCc3c[nH]c4cnc(Cl)cc34)c12. The van der Waals surface area contributed by atoms with Gasteiger partial charge < -0.3 is 10.3 Å². The number of hydrogen-bond donors (Lipinski definition) is 3. The van der Waals surface area contributed by atoms with E-state index in [9.17, 15) is 0 Å². The van der Waals surface area contributed by atoms with Crippen LogP contribution in [0.1, 0.15) is 18.2 Å². The summed E-state index contributed by atoms with van der Waals surface area (Å²) >= 11 is 6.00. The van der Waals surface area contributed by atoms with E-state index >= 15 is 0 Å². The standard InChI is InChI=1S/C16H16ClN7/c1-2-11-14-15(21-8-22-16(14)24-23-11)18-4-3-9-6-19-12-7-20-13(17)5-10(9)12/h5-8,19H,2-4H2,1H3,(H2,18,21,22,23,24). The van der Waals surface area contributed by atoms with Crippen LogP contribution in [0.15, 0.2) is 24.8 Å². The third-order valence-electron chi connectivity index (χ3n) is 4.08. The molecule has 0 amide bonds. The molecule has 0 unspecified atom stereocenters. The van der Waals surface area contributed by atoms with Gasteiger partial charge in [0.05, 0.1) is 17.1 Å². The van der Waals surface area contributed by atoms with E-state index in [1.165, 1.54) is 11.9 Å². The maximum Gasteiger partial charge on any atom is 0.186 e. The van der Waals surface area contributed by atoms with Gasteiger partial charge in [-0.05, 0) is 24.5 Å². The predicted molar refractivity (Wildman–Crippen MR) is 94.4 cm³/mol. The molecule has 0 aliphatic rings. The molecule has 3 N–H and O–H groups in total. The molecule has 4 aromatic heterocycles. The Balaban J connectivity index is 1.55. The van der Waals surface area contributed by atoms with Crippen LogP contribution in [0.2, 0.25) is 5.15 Å². The monoisotopic (exact) mass is 341 g/mol. The summed E-state index contributed by atoms with van der Waals surface area (Å²) in [5.74, 6) is 0.810. The summed E-state index contributed by atoms with van der Waals surface area (Å²) in [6.07, 6.45) is 6.97. The summed E-state index contributed by atoms with van der Waals surface area (Å²) in [4.78, 5) is 15.9. The lowest BCUT2D eigenvalue weighted by atomic mass is 10.1. The van der Waals surface area contributed by atoms with E-state index < -0.39 is 0 Å².